The summed E-state index contributed by atoms with van der Waals surface area (Å²) in [5.41, 5.74) is 0.687. The number of piperidine rings is 1. The number of amides is 2. The molecular weight excluding hydrogens is 451 g/mol. The quantitative estimate of drug-likeness (QED) is 0.715. The van der Waals surface area contributed by atoms with E-state index in [9.17, 15) is 22.8 Å². The Balaban J connectivity index is 0.000000406. The van der Waals surface area contributed by atoms with Gasteiger partial charge in [-0.15, -0.1) is 0 Å². The molecule has 3 aliphatic rings. The lowest BCUT2D eigenvalue weighted by Crippen LogP contribution is -2.56. The molecule has 7 nitrogen and oxygen atoms in total. The van der Waals surface area contributed by atoms with Gasteiger partial charge in [-0.25, -0.2) is 4.79 Å². The van der Waals surface area contributed by atoms with E-state index in [1.807, 2.05) is 47.2 Å². The molecule has 3 saturated heterocycles. The van der Waals surface area contributed by atoms with Crippen molar-refractivity contribution in [1.82, 2.24) is 14.7 Å². The smallest absolute Gasteiger partial charge is 0.475 e. The van der Waals surface area contributed by atoms with Gasteiger partial charge in [-0.1, -0.05) is 32.0 Å². The van der Waals surface area contributed by atoms with Crippen LogP contribution in [0, 0.1) is 17.8 Å². The van der Waals surface area contributed by atoms with Gasteiger partial charge in [0.2, 0.25) is 5.91 Å². The second kappa shape index (κ2) is 9.93. The summed E-state index contributed by atoms with van der Waals surface area (Å²) in [7, 11) is 1.99. The van der Waals surface area contributed by atoms with Gasteiger partial charge in [0.05, 0.1) is 11.5 Å². The fraction of sp³-hybridized carbons (Fsp3) is 0.625. The molecule has 1 N–H and O–H groups in total. The Labute approximate surface area is 197 Å². The number of alkyl halides is 3. The van der Waals surface area contributed by atoms with Crippen LogP contribution < -0.4 is 0 Å². The first-order chi connectivity index (χ1) is 15.9. The molecule has 4 rings (SSSR count). The molecule has 1 aromatic carbocycles. The molecule has 0 aromatic heterocycles. The van der Waals surface area contributed by atoms with Crippen molar-refractivity contribution in [3.8, 4) is 0 Å². The lowest BCUT2D eigenvalue weighted by atomic mass is 9.75. The summed E-state index contributed by atoms with van der Waals surface area (Å²) in [6.45, 7) is 8.94. The van der Waals surface area contributed by atoms with Crippen LogP contribution in [-0.2, 0) is 9.59 Å². The predicted octanol–water partition coefficient (Wildman–Crippen LogP) is 2.97. The van der Waals surface area contributed by atoms with Gasteiger partial charge in [0, 0.05) is 51.3 Å². The van der Waals surface area contributed by atoms with E-state index >= 15 is 0 Å². The highest BCUT2D eigenvalue weighted by atomic mass is 19.4. The zero-order chi connectivity index (χ0) is 25.3. The summed E-state index contributed by atoms with van der Waals surface area (Å²) in [5.74, 6) is -1.16. The molecule has 0 radical (unpaired) electrons. The zero-order valence-corrected chi connectivity index (χ0v) is 19.7. The summed E-state index contributed by atoms with van der Waals surface area (Å²) in [4.78, 5) is 41.1. The van der Waals surface area contributed by atoms with Crippen molar-refractivity contribution in [1.29, 1.82) is 0 Å². The van der Waals surface area contributed by atoms with E-state index in [-0.39, 0.29) is 17.4 Å². The summed E-state index contributed by atoms with van der Waals surface area (Å²) >= 11 is 0. The molecule has 188 valence electrons. The van der Waals surface area contributed by atoms with Crippen LogP contribution in [0.2, 0.25) is 0 Å². The van der Waals surface area contributed by atoms with Crippen molar-refractivity contribution in [3.05, 3.63) is 35.9 Å². The molecule has 10 heteroatoms. The fourth-order valence-electron chi connectivity index (χ4n) is 5.63. The summed E-state index contributed by atoms with van der Waals surface area (Å²) in [5, 5.41) is 7.12. The normalized spacial score (nSPS) is 24.3. The van der Waals surface area contributed by atoms with Gasteiger partial charge in [0.25, 0.3) is 5.91 Å². The first-order valence-corrected chi connectivity index (χ1v) is 11.5. The van der Waals surface area contributed by atoms with Gasteiger partial charge in [-0.3, -0.25) is 9.59 Å². The third-order valence-electron chi connectivity index (χ3n) is 7.20. The van der Waals surface area contributed by atoms with Crippen molar-refractivity contribution < 1.29 is 32.7 Å². The van der Waals surface area contributed by atoms with E-state index in [4.69, 9.17) is 9.90 Å². The van der Waals surface area contributed by atoms with E-state index in [0.717, 1.165) is 51.1 Å². The summed E-state index contributed by atoms with van der Waals surface area (Å²) in [6, 6.07) is 9.52. The second-order valence-electron chi connectivity index (χ2n) is 9.79. The van der Waals surface area contributed by atoms with E-state index in [0.29, 0.717) is 17.7 Å². The van der Waals surface area contributed by atoms with Crippen molar-refractivity contribution in [2.45, 2.75) is 38.4 Å². The number of carboxylic acids is 1. The molecule has 0 bridgehead atoms. The maximum Gasteiger partial charge on any atom is 0.490 e. The maximum atomic E-state index is 12.9. The molecular formula is C24H32F3N3O4. The molecule has 1 spiro atoms. The number of carbonyl (C=O) groups excluding carboxylic acids is 2. The van der Waals surface area contributed by atoms with Crippen molar-refractivity contribution in [2.24, 2.45) is 17.8 Å². The average Bonchev–Trinajstić information content (AvgIpc) is 3.28. The van der Waals surface area contributed by atoms with Crippen LogP contribution in [0.3, 0.4) is 0 Å². The largest absolute Gasteiger partial charge is 0.490 e. The Morgan fingerprint density at radius 2 is 1.68 bits per heavy atom. The highest BCUT2D eigenvalue weighted by molar-refractivity contribution is 5.94. The molecule has 2 amide bonds. The number of fused-ring (bicyclic) bond motifs is 2. The highest BCUT2D eigenvalue weighted by Crippen LogP contribution is 2.49. The average molecular weight is 484 g/mol. The third-order valence-corrected chi connectivity index (χ3v) is 7.20. The molecule has 0 saturated carbocycles. The first-order valence-electron chi connectivity index (χ1n) is 11.5. The summed E-state index contributed by atoms with van der Waals surface area (Å²) < 4.78 is 31.7. The van der Waals surface area contributed by atoms with Gasteiger partial charge in [0.1, 0.15) is 0 Å². The molecule has 0 aliphatic carbocycles. The standard InChI is InChI=1S/C22H31N3O2.C2HF3O2/c1-16(2)13-24-14-18-19(15-24)22(23(3)21(18)27)9-11-25(12-10-22)20(26)17-7-5-4-6-8-17;3-2(4,5)1(6)7/h4-8,16,18-19H,9-15H2,1-3H3;(H,6,7)/t18-,19+;/m0./s1. The third kappa shape index (κ3) is 5.21. The van der Waals surface area contributed by atoms with Crippen LogP contribution in [0.4, 0.5) is 13.2 Å². The molecule has 3 aliphatic heterocycles. The number of likely N-dealkylation sites (tertiary alicyclic amines) is 3. The van der Waals surface area contributed by atoms with Crippen LogP contribution in [-0.4, -0.2) is 89.1 Å². The Morgan fingerprint density at radius 3 is 2.18 bits per heavy atom. The Bertz CT molecular complexity index is 898. The minimum Gasteiger partial charge on any atom is -0.475 e. The molecule has 0 unspecified atom stereocenters. The van der Waals surface area contributed by atoms with E-state index in [2.05, 4.69) is 18.7 Å². The van der Waals surface area contributed by atoms with Gasteiger partial charge in [0.15, 0.2) is 0 Å². The SMILES string of the molecule is CC(C)CN1C[C@@H]2C(=O)N(C)C3(CCN(C(=O)c4ccccc4)CC3)[C@@H]2C1.O=C(O)C(F)(F)F. The minimum absolute atomic E-state index is 0.0685. The van der Waals surface area contributed by atoms with Gasteiger partial charge in [-0.05, 0) is 30.9 Å². The second-order valence-corrected chi connectivity index (χ2v) is 9.79. The lowest BCUT2D eigenvalue weighted by Gasteiger charge is -2.46. The molecule has 34 heavy (non-hydrogen) atoms. The highest BCUT2D eigenvalue weighted by Gasteiger charge is 2.60. The van der Waals surface area contributed by atoms with Crippen LogP contribution in [0.15, 0.2) is 30.3 Å². The Hall–Kier alpha value is -2.62. The van der Waals surface area contributed by atoms with Gasteiger partial charge >= 0.3 is 12.1 Å². The van der Waals surface area contributed by atoms with Crippen molar-refractivity contribution in [3.63, 3.8) is 0 Å². The summed E-state index contributed by atoms with van der Waals surface area (Å²) in [6.07, 6.45) is -3.30. The van der Waals surface area contributed by atoms with E-state index in [1.54, 1.807) is 0 Å². The molecule has 1 aromatic rings. The molecule has 3 fully saturated rings. The fourth-order valence-corrected chi connectivity index (χ4v) is 5.63. The van der Waals surface area contributed by atoms with Gasteiger partial charge in [-0.2, -0.15) is 13.2 Å². The lowest BCUT2D eigenvalue weighted by molar-refractivity contribution is -0.192. The Kier molecular flexibility index (Phi) is 7.59. The minimum atomic E-state index is -5.08. The zero-order valence-electron chi connectivity index (χ0n) is 19.7. The number of carbonyl (C=O) groups is 3. The van der Waals surface area contributed by atoms with Crippen molar-refractivity contribution in [2.75, 3.05) is 39.8 Å². The number of aliphatic carboxylic acids is 1. The monoisotopic (exact) mass is 483 g/mol. The molecule has 2 atom stereocenters. The van der Waals surface area contributed by atoms with Crippen LogP contribution in [0.25, 0.3) is 0 Å². The van der Waals surface area contributed by atoms with Crippen LogP contribution in [0.5, 0.6) is 0 Å². The number of benzene rings is 1. The van der Waals surface area contributed by atoms with Crippen LogP contribution >= 0.6 is 0 Å². The van der Waals surface area contributed by atoms with E-state index in [1.165, 1.54) is 0 Å². The number of nitrogens with zero attached hydrogens (tertiary/aromatic N) is 3. The number of carboxylic acid groups (broad SMARTS) is 1. The maximum absolute atomic E-state index is 12.9. The topological polar surface area (TPSA) is 81.2 Å². The predicted molar refractivity (Wildman–Crippen MR) is 119 cm³/mol. The Morgan fingerprint density at radius 1 is 1.12 bits per heavy atom. The van der Waals surface area contributed by atoms with Crippen molar-refractivity contribution >= 4 is 17.8 Å². The number of rotatable bonds is 3. The number of hydrogen-bond acceptors (Lipinski definition) is 4. The molecule has 3 heterocycles. The number of halogens is 3. The van der Waals surface area contributed by atoms with Crippen LogP contribution in [0.1, 0.15) is 37.0 Å². The van der Waals surface area contributed by atoms with Gasteiger partial charge < -0.3 is 19.8 Å². The first kappa shape index (κ1) is 26.0. The number of hydrogen-bond donors (Lipinski definition) is 1. The van der Waals surface area contributed by atoms with E-state index < -0.39 is 12.1 Å².